The minimum atomic E-state index is -0.338. The van der Waals surface area contributed by atoms with Crippen molar-refractivity contribution < 1.29 is 14.3 Å². The van der Waals surface area contributed by atoms with Gasteiger partial charge in [-0.1, -0.05) is 13.3 Å². The third-order valence-electron chi connectivity index (χ3n) is 5.14. The Labute approximate surface area is 103 Å². The summed E-state index contributed by atoms with van der Waals surface area (Å²) >= 11 is 0. The van der Waals surface area contributed by atoms with Gasteiger partial charge in [-0.2, -0.15) is 0 Å². The lowest BCUT2D eigenvalue weighted by Crippen LogP contribution is -2.47. The van der Waals surface area contributed by atoms with Gasteiger partial charge in [0.15, 0.2) is 5.79 Å². The fourth-order valence-electron chi connectivity index (χ4n) is 3.87. The van der Waals surface area contributed by atoms with Crippen LogP contribution in [0, 0.1) is 11.3 Å². The number of Topliss-reactive ketones (excluding diaryl/α,β-unsaturated/α-hetero) is 1. The number of hydrogen-bond acceptors (Lipinski definition) is 3. The summed E-state index contributed by atoms with van der Waals surface area (Å²) < 4.78 is 11.6. The van der Waals surface area contributed by atoms with Gasteiger partial charge < -0.3 is 9.47 Å². The van der Waals surface area contributed by atoms with Crippen LogP contribution in [0.5, 0.6) is 0 Å². The van der Waals surface area contributed by atoms with Gasteiger partial charge in [-0.3, -0.25) is 4.79 Å². The first-order chi connectivity index (χ1) is 8.15. The van der Waals surface area contributed by atoms with Gasteiger partial charge in [0.25, 0.3) is 0 Å². The van der Waals surface area contributed by atoms with E-state index in [-0.39, 0.29) is 11.2 Å². The van der Waals surface area contributed by atoms with E-state index in [4.69, 9.17) is 9.47 Å². The molecule has 96 valence electrons. The number of ketones is 1. The van der Waals surface area contributed by atoms with Gasteiger partial charge >= 0.3 is 0 Å². The lowest BCUT2D eigenvalue weighted by molar-refractivity contribution is -0.205. The predicted octanol–water partition coefficient (Wildman–Crippen LogP) is 2.68. The van der Waals surface area contributed by atoms with Crippen molar-refractivity contribution >= 4 is 5.78 Å². The van der Waals surface area contributed by atoms with Gasteiger partial charge in [0.2, 0.25) is 0 Å². The Hall–Kier alpha value is -0.410. The molecule has 3 heteroatoms. The average molecular weight is 238 g/mol. The summed E-state index contributed by atoms with van der Waals surface area (Å²) in [5, 5.41) is 0. The molecular weight excluding hydrogens is 216 g/mol. The van der Waals surface area contributed by atoms with E-state index >= 15 is 0 Å². The van der Waals surface area contributed by atoms with Crippen LogP contribution in [0.25, 0.3) is 0 Å². The van der Waals surface area contributed by atoms with Crippen molar-refractivity contribution in [2.45, 2.75) is 57.7 Å². The SMILES string of the molecule is C[C@]12CCC3(C[C@@H]1CCCCC2=O)OCCO3. The summed E-state index contributed by atoms with van der Waals surface area (Å²) in [5.74, 6) is 0.603. The molecule has 1 saturated heterocycles. The van der Waals surface area contributed by atoms with Crippen molar-refractivity contribution in [2.24, 2.45) is 11.3 Å². The van der Waals surface area contributed by atoms with Crippen LogP contribution >= 0.6 is 0 Å². The van der Waals surface area contributed by atoms with Crippen LogP contribution in [-0.2, 0) is 14.3 Å². The van der Waals surface area contributed by atoms with Crippen LogP contribution in [0.2, 0.25) is 0 Å². The van der Waals surface area contributed by atoms with E-state index in [1.165, 1.54) is 6.42 Å². The van der Waals surface area contributed by atoms with Crippen molar-refractivity contribution in [1.29, 1.82) is 0 Å². The van der Waals surface area contributed by atoms with E-state index in [0.717, 1.165) is 51.7 Å². The molecule has 17 heavy (non-hydrogen) atoms. The Morgan fingerprint density at radius 1 is 1.18 bits per heavy atom. The van der Waals surface area contributed by atoms with E-state index in [1.54, 1.807) is 0 Å². The fourth-order valence-corrected chi connectivity index (χ4v) is 3.87. The largest absolute Gasteiger partial charge is 0.348 e. The Bertz CT molecular complexity index is 319. The van der Waals surface area contributed by atoms with Gasteiger partial charge in [-0.05, 0) is 25.2 Å². The molecule has 0 bridgehead atoms. The normalized spacial score (nSPS) is 41.2. The summed E-state index contributed by atoms with van der Waals surface area (Å²) in [6, 6.07) is 0. The van der Waals surface area contributed by atoms with Crippen LogP contribution in [0.15, 0.2) is 0 Å². The molecule has 2 aliphatic carbocycles. The molecule has 0 aromatic heterocycles. The molecule has 3 fully saturated rings. The summed E-state index contributed by atoms with van der Waals surface area (Å²) in [7, 11) is 0. The zero-order valence-electron chi connectivity index (χ0n) is 10.7. The van der Waals surface area contributed by atoms with E-state index in [2.05, 4.69) is 6.92 Å². The Balaban J connectivity index is 1.83. The molecule has 1 heterocycles. The highest BCUT2D eigenvalue weighted by molar-refractivity contribution is 5.85. The lowest BCUT2D eigenvalue weighted by atomic mass is 9.62. The van der Waals surface area contributed by atoms with E-state index in [9.17, 15) is 4.79 Å². The zero-order chi connectivity index (χ0) is 11.9. The minimum absolute atomic E-state index is 0.100. The molecule has 2 atom stereocenters. The van der Waals surface area contributed by atoms with Crippen LogP contribution in [0.4, 0.5) is 0 Å². The average Bonchev–Trinajstić information content (AvgIpc) is 2.72. The minimum Gasteiger partial charge on any atom is -0.348 e. The van der Waals surface area contributed by atoms with Crippen molar-refractivity contribution in [1.82, 2.24) is 0 Å². The molecule has 0 amide bonds. The van der Waals surface area contributed by atoms with E-state index in [0.29, 0.717) is 11.7 Å². The van der Waals surface area contributed by atoms with Gasteiger partial charge in [0.05, 0.1) is 13.2 Å². The maximum atomic E-state index is 12.3. The molecule has 0 N–H and O–H groups in total. The number of ether oxygens (including phenoxy) is 2. The monoisotopic (exact) mass is 238 g/mol. The smallest absolute Gasteiger partial charge is 0.168 e. The second-order valence-electron chi connectivity index (χ2n) is 6.10. The van der Waals surface area contributed by atoms with Gasteiger partial charge in [-0.15, -0.1) is 0 Å². The first kappa shape index (κ1) is 11.7. The first-order valence-electron chi connectivity index (χ1n) is 6.96. The van der Waals surface area contributed by atoms with Gasteiger partial charge in [0, 0.05) is 24.7 Å². The van der Waals surface area contributed by atoms with Gasteiger partial charge in [-0.25, -0.2) is 0 Å². The molecule has 3 nitrogen and oxygen atoms in total. The zero-order valence-corrected chi connectivity index (χ0v) is 10.7. The highest BCUT2D eigenvalue weighted by Crippen LogP contribution is 2.52. The molecule has 1 aliphatic heterocycles. The lowest BCUT2D eigenvalue weighted by Gasteiger charge is -2.46. The maximum absolute atomic E-state index is 12.3. The molecular formula is C14H22O3. The van der Waals surface area contributed by atoms with Crippen LogP contribution in [-0.4, -0.2) is 24.8 Å². The number of fused-ring (bicyclic) bond motifs is 1. The van der Waals surface area contributed by atoms with Crippen LogP contribution in [0.1, 0.15) is 51.9 Å². The maximum Gasteiger partial charge on any atom is 0.168 e. The molecule has 0 aromatic carbocycles. The molecule has 0 aromatic rings. The summed E-state index contributed by atoms with van der Waals surface area (Å²) in [5.41, 5.74) is -0.100. The van der Waals surface area contributed by atoms with Crippen LogP contribution < -0.4 is 0 Å². The van der Waals surface area contributed by atoms with E-state index < -0.39 is 0 Å². The predicted molar refractivity (Wildman–Crippen MR) is 63.6 cm³/mol. The van der Waals surface area contributed by atoms with Crippen molar-refractivity contribution in [3.05, 3.63) is 0 Å². The summed E-state index contributed by atoms with van der Waals surface area (Å²) in [6.07, 6.45) is 6.96. The first-order valence-corrected chi connectivity index (χ1v) is 6.96. The molecule has 1 spiro atoms. The molecule has 3 aliphatic rings. The molecule has 2 saturated carbocycles. The standard InChI is InChI=1S/C14H22O3/c1-13-6-7-14(16-8-9-17-14)10-11(13)4-2-3-5-12(13)15/h11H,2-10H2,1H3/t11-,13-/m0/s1. The Morgan fingerprint density at radius 2 is 1.94 bits per heavy atom. The number of hydrogen-bond donors (Lipinski definition) is 0. The second kappa shape index (κ2) is 4.06. The fraction of sp³-hybridized carbons (Fsp3) is 0.929. The number of carbonyl (C=O) groups excluding carboxylic acids is 1. The topological polar surface area (TPSA) is 35.5 Å². The van der Waals surface area contributed by atoms with Gasteiger partial charge in [0.1, 0.15) is 5.78 Å². The molecule has 0 radical (unpaired) electrons. The summed E-state index contributed by atoms with van der Waals surface area (Å²) in [4.78, 5) is 12.3. The highest BCUT2D eigenvalue weighted by Gasteiger charge is 2.52. The Kier molecular flexibility index (Phi) is 2.79. The van der Waals surface area contributed by atoms with E-state index in [1.807, 2.05) is 0 Å². The van der Waals surface area contributed by atoms with Crippen molar-refractivity contribution in [3.8, 4) is 0 Å². The Morgan fingerprint density at radius 3 is 2.71 bits per heavy atom. The summed E-state index contributed by atoms with van der Waals surface area (Å²) in [6.45, 7) is 3.61. The van der Waals surface area contributed by atoms with Crippen molar-refractivity contribution in [2.75, 3.05) is 13.2 Å². The van der Waals surface area contributed by atoms with Crippen LogP contribution in [0.3, 0.4) is 0 Å². The molecule has 0 unspecified atom stereocenters. The number of carbonyl (C=O) groups is 1. The third-order valence-corrected chi connectivity index (χ3v) is 5.14. The third kappa shape index (κ3) is 1.84. The quantitative estimate of drug-likeness (QED) is 0.651. The molecule has 3 rings (SSSR count). The number of rotatable bonds is 0. The highest BCUT2D eigenvalue weighted by atomic mass is 16.7. The second-order valence-corrected chi connectivity index (χ2v) is 6.10. The van der Waals surface area contributed by atoms with Crippen molar-refractivity contribution in [3.63, 3.8) is 0 Å².